The van der Waals surface area contributed by atoms with Crippen LogP contribution in [0.1, 0.15) is 18.5 Å². The highest BCUT2D eigenvalue weighted by Crippen LogP contribution is 2.19. The van der Waals surface area contributed by atoms with E-state index in [1.54, 1.807) is 24.3 Å². The number of hydrogen-bond acceptors (Lipinski definition) is 3. The molecule has 0 bridgehead atoms. The lowest BCUT2D eigenvalue weighted by Crippen LogP contribution is -2.31. The maximum atomic E-state index is 11.0. The zero-order chi connectivity index (χ0) is 12.1. The first kappa shape index (κ1) is 12.0. The van der Waals surface area contributed by atoms with Crippen LogP contribution in [-0.4, -0.2) is 24.1 Å². The van der Waals surface area contributed by atoms with Crippen LogP contribution >= 0.6 is 0 Å². The SMILES string of the molecule is COc1cccc(C(NC(C)=O)C(=O)O)c1. The molecule has 0 heterocycles. The van der Waals surface area contributed by atoms with Crippen molar-refractivity contribution in [2.75, 3.05) is 7.11 Å². The normalized spacial score (nSPS) is 11.6. The van der Waals surface area contributed by atoms with Gasteiger partial charge in [-0.2, -0.15) is 0 Å². The van der Waals surface area contributed by atoms with Gasteiger partial charge in [0.15, 0.2) is 6.04 Å². The summed E-state index contributed by atoms with van der Waals surface area (Å²) in [5, 5.41) is 11.3. The standard InChI is InChI=1S/C11H13NO4/c1-7(13)12-10(11(14)15)8-4-3-5-9(6-8)16-2/h3-6,10H,1-2H3,(H,12,13)(H,14,15). The molecule has 1 atom stereocenters. The van der Waals surface area contributed by atoms with Gasteiger partial charge in [0, 0.05) is 6.92 Å². The number of carboxylic acids is 1. The van der Waals surface area contributed by atoms with Gasteiger partial charge in [-0.1, -0.05) is 12.1 Å². The molecule has 86 valence electrons. The maximum absolute atomic E-state index is 11.0. The topological polar surface area (TPSA) is 75.6 Å². The Hall–Kier alpha value is -2.04. The molecule has 1 amide bonds. The lowest BCUT2D eigenvalue weighted by molar-refractivity contribution is -0.141. The van der Waals surface area contributed by atoms with E-state index in [1.165, 1.54) is 14.0 Å². The Balaban J connectivity index is 3.00. The minimum atomic E-state index is -1.11. The van der Waals surface area contributed by atoms with Gasteiger partial charge >= 0.3 is 5.97 Å². The maximum Gasteiger partial charge on any atom is 0.330 e. The van der Waals surface area contributed by atoms with Crippen LogP contribution in [0, 0.1) is 0 Å². The van der Waals surface area contributed by atoms with E-state index in [2.05, 4.69) is 5.32 Å². The van der Waals surface area contributed by atoms with Gasteiger partial charge in [-0.25, -0.2) is 4.79 Å². The Kier molecular flexibility index (Phi) is 3.88. The Morgan fingerprint density at radius 1 is 1.44 bits per heavy atom. The molecule has 0 saturated heterocycles. The van der Waals surface area contributed by atoms with Crippen LogP contribution in [0.25, 0.3) is 0 Å². The second-order valence-electron chi connectivity index (χ2n) is 3.25. The van der Waals surface area contributed by atoms with Crippen LogP contribution in [0.3, 0.4) is 0 Å². The van der Waals surface area contributed by atoms with E-state index >= 15 is 0 Å². The molecule has 0 aromatic heterocycles. The molecule has 0 aliphatic carbocycles. The van der Waals surface area contributed by atoms with Crippen molar-refractivity contribution >= 4 is 11.9 Å². The lowest BCUT2D eigenvalue weighted by Gasteiger charge is -2.14. The van der Waals surface area contributed by atoms with Gasteiger partial charge < -0.3 is 15.2 Å². The summed E-state index contributed by atoms with van der Waals surface area (Å²) < 4.78 is 4.98. The number of rotatable bonds is 4. The van der Waals surface area contributed by atoms with Crippen molar-refractivity contribution in [1.29, 1.82) is 0 Å². The third-order valence-corrected chi connectivity index (χ3v) is 2.02. The van der Waals surface area contributed by atoms with E-state index in [4.69, 9.17) is 9.84 Å². The number of aliphatic carboxylic acids is 1. The van der Waals surface area contributed by atoms with Gasteiger partial charge in [0.05, 0.1) is 7.11 Å². The molecule has 1 aromatic carbocycles. The van der Waals surface area contributed by atoms with Gasteiger partial charge in [-0.3, -0.25) is 4.79 Å². The molecular formula is C11H13NO4. The molecule has 5 heteroatoms. The first-order chi connectivity index (χ1) is 7.54. The van der Waals surface area contributed by atoms with Crippen LogP contribution < -0.4 is 10.1 Å². The molecule has 0 saturated carbocycles. The number of carbonyl (C=O) groups excluding carboxylic acids is 1. The van der Waals surface area contributed by atoms with Crippen LogP contribution in [-0.2, 0) is 9.59 Å². The van der Waals surface area contributed by atoms with Crippen LogP contribution in [0.5, 0.6) is 5.75 Å². The van der Waals surface area contributed by atoms with Gasteiger partial charge in [-0.05, 0) is 17.7 Å². The Morgan fingerprint density at radius 2 is 2.12 bits per heavy atom. The average molecular weight is 223 g/mol. The molecule has 5 nitrogen and oxygen atoms in total. The molecule has 1 aromatic rings. The van der Waals surface area contributed by atoms with E-state index < -0.39 is 17.9 Å². The highest BCUT2D eigenvalue weighted by atomic mass is 16.5. The zero-order valence-electron chi connectivity index (χ0n) is 9.06. The number of methoxy groups -OCH3 is 1. The second-order valence-corrected chi connectivity index (χ2v) is 3.25. The smallest absolute Gasteiger partial charge is 0.330 e. The molecule has 2 N–H and O–H groups in total. The molecule has 0 spiro atoms. The van der Waals surface area contributed by atoms with E-state index in [0.29, 0.717) is 11.3 Å². The summed E-state index contributed by atoms with van der Waals surface area (Å²) in [6.45, 7) is 1.27. The Bertz CT molecular complexity index is 403. The summed E-state index contributed by atoms with van der Waals surface area (Å²) >= 11 is 0. The highest BCUT2D eigenvalue weighted by molar-refractivity contribution is 5.83. The summed E-state index contributed by atoms with van der Waals surface area (Å²) in [5.41, 5.74) is 0.474. The number of nitrogens with one attached hydrogen (secondary N) is 1. The molecule has 1 rings (SSSR count). The van der Waals surface area contributed by atoms with E-state index in [0.717, 1.165) is 0 Å². The van der Waals surface area contributed by atoms with Gasteiger partial charge in [0.1, 0.15) is 5.75 Å². The summed E-state index contributed by atoms with van der Waals surface area (Å²) in [4.78, 5) is 21.9. The average Bonchev–Trinajstić information content (AvgIpc) is 2.25. The number of amides is 1. The summed E-state index contributed by atoms with van der Waals surface area (Å²) in [6.07, 6.45) is 0. The first-order valence-electron chi connectivity index (χ1n) is 4.68. The fraction of sp³-hybridized carbons (Fsp3) is 0.273. The monoisotopic (exact) mass is 223 g/mol. The van der Waals surface area contributed by atoms with Gasteiger partial charge in [0.25, 0.3) is 0 Å². The number of carboxylic acid groups (broad SMARTS) is 1. The predicted molar refractivity (Wildman–Crippen MR) is 57.2 cm³/mol. The van der Waals surface area contributed by atoms with Crippen molar-refractivity contribution in [3.63, 3.8) is 0 Å². The minimum absolute atomic E-state index is 0.393. The molecule has 0 aliphatic rings. The predicted octanol–water partition coefficient (Wildman–Crippen LogP) is 0.957. The molecule has 0 aliphatic heterocycles. The number of hydrogen-bond donors (Lipinski definition) is 2. The van der Waals surface area contributed by atoms with Gasteiger partial charge in [-0.15, -0.1) is 0 Å². The van der Waals surface area contributed by atoms with E-state index in [9.17, 15) is 9.59 Å². The van der Waals surface area contributed by atoms with Gasteiger partial charge in [0.2, 0.25) is 5.91 Å². The highest BCUT2D eigenvalue weighted by Gasteiger charge is 2.20. The van der Waals surface area contributed by atoms with Crippen LogP contribution in [0.15, 0.2) is 24.3 Å². The third kappa shape index (κ3) is 2.98. The first-order valence-corrected chi connectivity index (χ1v) is 4.68. The van der Waals surface area contributed by atoms with Crippen LogP contribution in [0.4, 0.5) is 0 Å². The third-order valence-electron chi connectivity index (χ3n) is 2.02. The number of carbonyl (C=O) groups is 2. The van der Waals surface area contributed by atoms with Crippen LogP contribution in [0.2, 0.25) is 0 Å². The summed E-state index contributed by atoms with van der Waals surface area (Å²) in [5.74, 6) is -0.951. The molecular weight excluding hydrogens is 210 g/mol. The summed E-state index contributed by atoms with van der Waals surface area (Å²) in [7, 11) is 1.49. The van der Waals surface area contributed by atoms with E-state index in [1.807, 2.05) is 0 Å². The van der Waals surface area contributed by atoms with Crippen molar-refractivity contribution in [3.8, 4) is 5.75 Å². The van der Waals surface area contributed by atoms with Crippen molar-refractivity contribution in [2.45, 2.75) is 13.0 Å². The fourth-order valence-corrected chi connectivity index (χ4v) is 1.31. The Morgan fingerprint density at radius 3 is 2.62 bits per heavy atom. The quantitative estimate of drug-likeness (QED) is 0.797. The Labute approximate surface area is 93.0 Å². The second kappa shape index (κ2) is 5.16. The zero-order valence-corrected chi connectivity index (χ0v) is 9.06. The lowest BCUT2D eigenvalue weighted by atomic mass is 10.1. The molecule has 16 heavy (non-hydrogen) atoms. The minimum Gasteiger partial charge on any atom is -0.497 e. The molecule has 0 radical (unpaired) electrons. The van der Waals surface area contributed by atoms with Crippen molar-refractivity contribution in [3.05, 3.63) is 29.8 Å². The fourth-order valence-electron chi connectivity index (χ4n) is 1.31. The number of ether oxygens (including phenoxy) is 1. The van der Waals surface area contributed by atoms with E-state index in [-0.39, 0.29) is 0 Å². The van der Waals surface area contributed by atoms with Crippen molar-refractivity contribution in [1.82, 2.24) is 5.32 Å². The molecule has 0 fully saturated rings. The molecule has 1 unspecified atom stereocenters. The van der Waals surface area contributed by atoms with Crippen molar-refractivity contribution < 1.29 is 19.4 Å². The number of benzene rings is 1. The van der Waals surface area contributed by atoms with Crippen molar-refractivity contribution in [2.24, 2.45) is 0 Å². The largest absolute Gasteiger partial charge is 0.497 e. The summed E-state index contributed by atoms with van der Waals surface area (Å²) in [6, 6.07) is 5.53.